The Bertz CT molecular complexity index is 510. The van der Waals surface area contributed by atoms with Crippen molar-refractivity contribution in [3.63, 3.8) is 0 Å². The van der Waals surface area contributed by atoms with Crippen LogP contribution in [0, 0.1) is 0 Å². The number of nitrogens with zero attached hydrogens (tertiary/aromatic N) is 1. The third kappa shape index (κ3) is 4.18. The van der Waals surface area contributed by atoms with E-state index in [4.69, 9.17) is 4.74 Å². The van der Waals surface area contributed by atoms with E-state index in [0.29, 0.717) is 19.6 Å². The fraction of sp³-hybridized carbons (Fsp3) is 0.412. The molecule has 1 fully saturated rings. The first-order valence-corrected chi connectivity index (χ1v) is 7.42. The van der Waals surface area contributed by atoms with Crippen molar-refractivity contribution in [2.75, 3.05) is 13.2 Å². The lowest BCUT2D eigenvalue weighted by Gasteiger charge is -2.33. The third-order valence-corrected chi connectivity index (χ3v) is 3.56. The standard InChI is InChI=1S/C17H21NO3/c1-2-21-17(20)15-10-6-7-13-18(15)16(19)12-11-14-8-4-3-5-9-14/h3-5,8-9,11-12,15H,2,6-7,10,13H2,1H3/b12-11+. The van der Waals surface area contributed by atoms with Gasteiger partial charge in [0.05, 0.1) is 6.61 Å². The molecule has 4 nitrogen and oxygen atoms in total. The van der Waals surface area contributed by atoms with Gasteiger partial charge in [-0.05, 0) is 37.8 Å². The minimum absolute atomic E-state index is 0.128. The van der Waals surface area contributed by atoms with Gasteiger partial charge in [0.2, 0.25) is 5.91 Å². The number of ether oxygens (including phenoxy) is 1. The lowest BCUT2D eigenvalue weighted by atomic mass is 10.0. The van der Waals surface area contributed by atoms with Gasteiger partial charge in [-0.15, -0.1) is 0 Å². The molecular formula is C17H21NO3. The highest BCUT2D eigenvalue weighted by Crippen LogP contribution is 2.19. The average molecular weight is 287 g/mol. The Morgan fingerprint density at radius 1 is 1.29 bits per heavy atom. The van der Waals surface area contributed by atoms with Crippen LogP contribution in [-0.4, -0.2) is 36.0 Å². The molecule has 1 amide bonds. The molecule has 1 aliphatic rings. The van der Waals surface area contributed by atoms with Gasteiger partial charge in [0.1, 0.15) is 6.04 Å². The SMILES string of the molecule is CCOC(=O)C1CCCCN1C(=O)/C=C/c1ccccc1. The second-order valence-electron chi connectivity index (χ2n) is 5.04. The van der Waals surface area contributed by atoms with Crippen LogP contribution in [0.1, 0.15) is 31.7 Å². The summed E-state index contributed by atoms with van der Waals surface area (Å²) >= 11 is 0. The summed E-state index contributed by atoms with van der Waals surface area (Å²) in [6.07, 6.45) is 5.88. The topological polar surface area (TPSA) is 46.6 Å². The van der Waals surface area contributed by atoms with E-state index >= 15 is 0 Å². The number of benzene rings is 1. The van der Waals surface area contributed by atoms with E-state index < -0.39 is 6.04 Å². The van der Waals surface area contributed by atoms with Crippen molar-refractivity contribution in [3.8, 4) is 0 Å². The van der Waals surface area contributed by atoms with E-state index in [1.165, 1.54) is 6.08 Å². The highest BCUT2D eigenvalue weighted by molar-refractivity contribution is 5.94. The average Bonchev–Trinajstić information content (AvgIpc) is 2.54. The maximum Gasteiger partial charge on any atom is 0.328 e. The van der Waals surface area contributed by atoms with Gasteiger partial charge in [0.15, 0.2) is 0 Å². The predicted octanol–water partition coefficient (Wildman–Crippen LogP) is 2.64. The lowest BCUT2D eigenvalue weighted by Crippen LogP contribution is -2.48. The van der Waals surface area contributed by atoms with Crippen molar-refractivity contribution in [1.82, 2.24) is 4.90 Å². The molecule has 4 heteroatoms. The van der Waals surface area contributed by atoms with E-state index in [1.807, 2.05) is 30.3 Å². The summed E-state index contributed by atoms with van der Waals surface area (Å²) in [7, 11) is 0. The zero-order valence-corrected chi connectivity index (χ0v) is 12.3. The first kappa shape index (κ1) is 15.3. The molecule has 2 rings (SSSR count). The van der Waals surface area contributed by atoms with Crippen molar-refractivity contribution in [1.29, 1.82) is 0 Å². The Balaban J connectivity index is 2.05. The number of carbonyl (C=O) groups excluding carboxylic acids is 2. The molecule has 0 spiro atoms. The van der Waals surface area contributed by atoms with Crippen molar-refractivity contribution >= 4 is 18.0 Å². The zero-order valence-electron chi connectivity index (χ0n) is 12.3. The van der Waals surface area contributed by atoms with Crippen LogP contribution >= 0.6 is 0 Å². The van der Waals surface area contributed by atoms with Gasteiger partial charge in [-0.1, -0.05) is 30.3 Å². The first-order chi connectivity index (χ1) is 10.2. The molecule has 0 saturated carbocycles. The van der Waals surface area contributed by atoms with Crippen molar-refractivity contribution in [2.45, 2.75) is 32.2 Å². The molecule has 1 unspecified atom stereocenters. The number of carbonyl (C=O) groups is 2. The molecule has 1 aromatic carbocycles. The molecule has 0 aliphatic carbocycles. The molecule has 112 valence electrons. The van der Waals surface area contributed by atoms with Crippen LogP contribution in [0.4, 0.5) is 0 Å². The quantitative estimate of drug-likeness (QED) is 0.632. The van der Waals surface area contributed by atoms with Gasteiger partial charge < -0.3 is 9.64 Å². The van der Waals surface area contributed by atoms with Crippen LogP contribution in [0.2, 0.25) is 0 Å². The van der Waals surface area contributed by atoms with Gasteiger partial charge in [0, 0.05) is 12.6 Å². The van der Waals surface area contributed by atoms with E-state index in [0.717, 1.165) is 18.4 Å². The molecule has 21 heavy (non-hydrogen) atoms. The van der Waals surface area contributed by atoms with E-state index in [1.54, 1.807) is 17.9 Å². The molecular weight excluding hydrogens is 266 g/mol. The van der Waals surface area contributed by atoms with Crippen LogP contribution < -0.4 is 0 Å². The number of hydrogen-bond donors (Lipinski definition) is 0. The molecule has 1 heterocycles. The highest BCUT2D eigenvalue weighted by atomic mass is 16.5. The number of likely N-dealkylation sites (tertiary alicyclic amines) is 1. The van der Waals surface area contributed by atoms with Crippen molar-refractivity contribution < 1.29 is 14.3 Å². The molecule has 0 radical (unpaired) electrons. The summed E-state index contributed by atoms with van der Waals surface area (Å²) in [5.41, 5.74) is 0.968. The molecule has 1 atom stereocenters. The third-order valence-electron chi connectivity index (χ3n) is 3.56. The van der Waals surface area contributed by atoms with Gasteiger partial charge in [-0.3, -0.25) is 4.79 Å². The zero-order chi connectivity index (χ0) is 15.1. The first-order valence-electron chi connectivity index (χ1n) is 7.42. The minimum Gasteiger partial charge on any atom is -0.464 e. The summed E-state index contributed by atoms with van der Waals surface area (Å²) in [6, 6.07) is 9.21. The summed E-state index contributed by atoms with van der Waals surface area (Å²) < 4.78 is 5.07. The fourth-order valence-corrected chi connectivity index (χ4v) is 2.51. The highest BCUT2D eigenvalue weighted by Gasteiger charge is 2.31. The van der Waals surface area contributed by atoms with Gasteiger partial charge in [-0.2, -0.15) is 0 Å². The Morgan fingerprint density at radius 3 is 2.76 bits per heavy atom. The summed E-state index contributed by atoms with van der Waals surface area (Å²) in [5.74, 6) is -0.421. The molecule has 1 aliphatic heterocycles. The Kier molecular flexibility index (Phi) is 5.55. The number of amides is 1. The van der Waals surface area contributed by atoms with Crippen molar-refractivity contribution in [2.24, 2.45) is 0 Å². The summed E-state index contributed by atoms with van der Waals surface area (Å²) in [4.78, 5) is 25.9. The Labute approximate surface area is 125 Å². The number of esters is 1. The van der Waals surface area contributed by atoms with Gasteiger partial charge in [0.25, 0.3) is 0 Å². The normalized spacial score (nSPS) is 18.7. The van der Waals surface area contributed by atoms with Gasteiger partial charge in [-0.25, -0.2) is 4.79 Å². The van der Waals surface area contributed by atoms with Crippen LogP contribution in [0.5, 0.6) is 0 Å². The molecule has 1 saturated heterocycles. The number of hydrogen-bond acceptors (Lipinski definition) is 3. The smallest absolute Gasteiger partial charge is 0.328 e. The number of piperidine rings is 1. The number of rotatable bonds is 4. The predicted molar refractivity (Wildman–Crippen MR) is 81.5 cm³/mol. The van der Waals surface area contributed by atoms with E-state index in [2.05, 4.69) is 0 Å². The lowest BCUT2D eigenvalue weighted by molar-refractivity contribution is -0.155. The maximum absolute atomic E-state index is 12.3. The van der Waals surface area contributed by atoms with Crippen molar-refractivity contribution in [3.05, 3.63) is 42.0 Å². The van der Waals surface area contributed by atoms with Crippen LogP contribution in [0.3, 0.4) is 0 Å². The van der Waals surface area contributed by atoms with Gasteiger partial charge >= 0.3 is 5.97 Å². The summed E-state index contributed by atoms with van der Waals surface area (Å²) in [6.45, 7) is 2.74. The molecule has 1 aromatic rings. The van der Waals surface area contributed by atoms with Crippen LogP contribution in [0.15, 0.2) is 36.4 Å². The fourth-order valence-electron chi connectivity index (χ4n) is 2.51. The van der Waals surface area contributed by atoms with Crippen LogP contribution in [-0.2, 0) is 14.3 Å². The second kappa shape index (κ2) is 7.62. The minimum atomic E-state index is -0.438. The monoisotopic (exact) mass is 287 g/mol. The second-order valence-corrected chi connectivity index (χ2v) is 5.04. The van der Waals surface area contributed by atoms with Crippen LogP contribution in [0.25, 0.3) is 6.08 Å². The maximum atomic E-state index is 12.3. The largest absolute Gasteiger partial charge is 0.464 e. The summed E-state index contributed by atoms with van der Waals surface area (Å²) in [5, 5.41) is 0. The Morgan fingerprint density at radius 2 is 2.05 bits per heavy atom. The Hall–Kier alpha value is -2.10. The molecule has 0 bridgehead atoms. The molecule has 0 N–H and O–H groups in total. The van der Waals surface area contributed by atoms with E-state index in [9.17, 15) is 9.59 Å². The van der Waals surface area contributed by atoms with E-state index in [-0.39, 0.29) is 11.9 Å². The molecule has 0 aromatic heterocycles.